The topological polar surface area (TPSA) is 33.1 Å². The molecule has 3 aromatic heterocycles. The van der Waals surface area contributed by atoms with Crippen molar-refractivity contribution in [3.63, 3.8) is 0 Å². The molecule has 0 spiro atoms. The highest BCUT2D eigenvalue weighted by Gasteiger charge is 2.09. The number of hydrogen-bond acceptors (Lipinski definition) is 1. The van der Waals surface area contributed by atoms with Crippen LogP contribution in [0.2, 0.25) is 5.02 Å². The van der Waals surface area contributed by atoms with Crippen LogP contribution in [0.3, 0.4) is 0 Å². The summed E-state index contributed by atoms with van der Waals surface area (Å²) in [5, 5.41) is 6.08. The quantitative estimate of drug-likeness (QED) is 0.668. The van der Waals surface area contributed by atoms with E-state index in [-0.39, 0.29) is 0 Å². The maximum atomic E-state index is 6.13. The Labute approximate surface area is 92.8 Å². The number of halogens is 2. The Hall–Kier alpha value is -1.00. The Morgan fingerprint density at radius 3 is 3.21 bits per heavy atom. The second-order valence-electron chi connectivity index (χ2n) is 3.04. The van der Waals surface area contributed by atoms with Crippen molar-refractivity contribution < 1.29 is 0 Å². The van der Waals surface area contributed by atoms with Crippen LogP contribution in [0.25, 0.3) is 16.6 Å². The molecule has 0 radical (unpaired) electrons. The summed E-state index contributed by atoms with van der Waals surface area (Å²) in [7, 11) is 0. The summed E-state index contributed by atoms with van der Waals surface area (Å²) < 4.78 is 2.69. The minimum atomic E-state index is 0.696. The number of H-pyrrole nitrogens is 1. The molecule has 0 unspecified atom stereocenters. The maximum absolute atomic E-state index is 6.13. The van der Waals surface area contributed by atoms with Gasteiger partial charge >= 0.3 is 0 Å². The summed E-state index contributed by atoms with van der Waals surface area (Å²) in [5.74, 6) is 0. The number of pyridine rings is 1. The number of hydrogen-bond donors (Lipinski definition) is 1. The average Bonchev–Trinajstić information content (AvgIpc) is 2.60. The first-order chi connectivity index (χ1) is 6.75. The zero-order valence-electron chi connectivity index (χ0n) is 6.96. The third kappa shape index (κ3) is 1.01. The second-order valence-corrected chi connectivity index (χ2v) is 4.36. The molecular formula is C9H5BrClN3. The molecule has 5 heteroatoms. The minimum Gasteiger partial charge on any atom is -0.345 e. The zero-order chi connectivity index (χ0) is 9.71. The second kappa shape index (κ2) is 2.74. The van der Waals surface area contributed by atoms with Gasteiger partial charge < -0.3 is 4.98 Å². The summed E-state index contributed by atoms with van der Waals surface area (Å²) in [6.07, 6.45) is 3.74. The first-order valence-electron chi connectivity index (χ1n) is 4.06. The lowest BCUT2D eigenvalue weighted by molar-refractivity contribution is 0.966. The first kappa shape index (κ1) is 8.32. The van der Waals surface area contributed by atoms with Crippen molar-refractivity contribution in [3.05, 3.63) is 34.0 Å². The molecule has 0 amide bonds. The Kier molecular flexibility index (Phi) is 1.63. The van der Waals surface area contributed by atoms with Gasteiger partial charge in [-0.2, -0.15) is 0 Å². The van der Waals surface area contributed by atoms with Gasteiger partial charge in [0.15, 0.2) is 5.65 Å². The van der Waals surface area contributed by atoms with Gasteiger partial charge in [0.2, 0.25) is 0 Å². The van der Waals surface area contributed by atoms with Gasteiger partial charge in [0.05, 0.1) is 10.5 Å². The summed E-state index contributed by atoms with van der Waals surface area (Å²) in [5.41, 5.74) is 1.79. The molecule has 3 nitrogen and oxygen atoms in total. The Bertz CT molecular complexity index is 625. The fourth-order valence-corrected chi connectivity index (χ4v) is 2.45. The maximum Gasteiger partial charge on any atom is 0.160 e. The van der Waals surface area contributed by atoms with Crippen molar-refractivity contribution in [1.82, 2.24) is 14.6 Å². The molecular weight excluding hydrogens is 265 g/mol. The number of nitrogens with zero attached hydrogens (tertiary/aromatic N) is 2. The smallest absolute Gasteiger partial charge is 0.160 e. The van der Waals surface area contributed by atoms with Crippen LogP contribution in [0.15, 0.2) is 29.0 Å². The van der Waals surface area contributed by atoms with Gasteiger partial charge in [-0.15, -0.1) is 5.10 Å². The predicted octanol–water partition coefficient (Wildman–Crippen LogP) is 3.23. The number of fused-ring (bicyclic) bond motifs is 3. The molecule has 3 rings (SSSR count). The molecule has 0 aliphatic carbocycles. The molecule has 0 saturated carbocycles. The van der Waals surface area contributed by atoms with Crippen molar-refractivity contribution >= 4 is 44.1 Å². The lowest BCUT2D eigenvalue weighted by atomic mass is 10.3. The van der Waals surface area contributed by atoms with E-state index >= 15 is 0 Å². The summed E-state index contributed by atoms with van der Waals surface area (Å²) in [4.78, 5) is 3.05. The molecule has 3 heterocycles. The monoisotopic (exact) mass is 269 g/mol. The Balaban J connectivity index is 2.62. The number of rotatable bonds is 0. The molecule has 0 aromatic carbocycles. The van der Waals surface area contributed by atoms with Crippen LogP contribution in [0, 0.1) is 0 Å². The lowest BCUT2D eigenvalue weighted by Gasteiger charge is -1.97. The Morgan fingerprint density at radius 2 is 2.36 bits per heavy atom. The summed E-state index contributed by atoms with van der Waals surface area (Å²) in [6.45, 7) is 0. The molecule has 0 aliphatic heterocycles. The van der Waals surface area contributed by atoms with E-state index in [4.69, 9.17) is 11.6 Å². The number of aromatic amines is 1. The van der Waals surface area contributed by atoms with Gasteiger partial charge in [-0.05, 0) is 28.1 Å². The third-order valence-corrected chi connectivity index (χ3v) is 2.88. The van der Waals surface area contributed by atoms with Crippen LogP contribution < -0.4 is 0 Å². The number of aromatic nitrogens is 3. The average molecular weight is 271 g/mol. The standard InChI is InChI=1S/C9H5BrClN3/c10-5-3-7(11)8-6-1-2-12-9(6)13-14(8)4-5/h1-4H,(H,12,13). The van der Waals surface area contributed by atoms with Crippen LogP contribution in [-0.4, -0.2) is 14.6 Å². The fourth-order valence-electron chi connectivity index (χ4n) is 1.59. The van der Waals surface area contributed by atoms with E-state index in [0.717, 1.165) is 21.0 Å². The molecule has 3 aromatic rings. The Morgan fingerprint density at radius 1 is 1.50 bits per heavy atom. The van der Waals surface area contributed by atoms with Crippen molar-refractivity contribution in [3.8, 4) is 0 Å². The van der Waals surface area contributed by atoms with E-state index in [0.29, 0.717) is 5.02 Å². The van der Waals surface area contributed by atoms with Gasteiger partial charge in [0.1, 0.15) is 0 Å². The highest BCUT2D eigenvalue weighted by molar-refractivity contribution is 9.10. The molecule has 70 valence electrons. The van der Waals surface area contributed by atoms with Crippen molar-refractivity contribution in [2.75, 3.05) is 0 Å². The molecule has 0 aliphatic rings. The summed E-state index contributed by atoms with van der Waals surface area (Å²) >= 11 is 9.51. The normalized spacial score (nSPS) is 11.6. The number of nitrogens with one attached hydrogen (secondary N) is 1. The highest BCUT2D eigenvalue weighted by atomic mass is 79.9. The largest absolute Gasteiger partial charge is 0.345 e. The van der Waals surface area contributed by atoms with Gasteiger partial charge in [-0.3, -0.25) is 0 Å². The van der Waals surface area contributed by atoms with E-state index < -0.39 is 0 Å². The van der Waals surface area contributed by atoms with Crippen molar-refractivity contribution in [2.45, 2.75) is 0 Å². The highest BCUT2D eigenvalue weighted by Crippen LogP contribution is 2.28. The summed E-state index contributed by atoms with van der Waals surface area (Å²) in [6, 6.07) is 3.84. The molecule has 1 N–H and O–H groups in total. The van der Waals surface area contributed by atoms with Crippen molar-refractivity contribution in [1.29, 1.82) is 0 Å². The van der Waals surface area contributed by atoms with Crippen LogP contribution in [0.1, 0.15) is 0 Å². The minimum absolute atomic E-state index is 0.696. The van der Waals surface area contributed by atoms with Crippen LogP contribution in [0.5, 0.6) is 0 Å². The SMILES string of the molecule is Clc1cc(Br)cn2nc3[nH]ccc3c12. The van der Waals surface area contributed by atoms with Gasteiger partial charge in [-0.25, -0.2) is 4.52 Å². The molecule has 0 atom stereocenters. The van der Waals surface area contributed by atoms with Gasteiger partial charge in [0.25, 0.3) is 0 Å². The zero-order valence-corrected chi connectivity index (χ0v) is 9.30. The predicted molar refractivity (Wildman–Crippen MR) is 59.8 cm³/mol. The third-order valence-electron chi connectivity index (χ3n) is 2.15. The first-order valence-corrected chi connectivity index (χ1v) is 5.23. The van der Waals surface area contributed by atoms with Crippen molar-refractivity contribution in [2.24, 2.45) is 0 Å². The van der Waals surface area contributed by atoms with Gasteiger partial charge in [0, 0.05) is 22.3 Å². The van der Waals surface area contributed by atoms with Crippen LogP contribution in [-0.2, 0) is 0 Å². The van der Waals surface area contributed by atoms with E-state index in [1.54, 1.807) is 4.52 Å². The van der Waals surface area contributed by atoms with Crippen LogP contribution in [0.4, 0.5) is 0 Å². The molecule has 0 bridgehead atoms. The molecule has 0 fully saturated rings. The van der Waals surface area contributed by atoms with E-state index in [9.17, 15) is 0 Å². The lowest BCUT2D eigenvalue weighted by Crippen LogP contribution is -1.87. The molecule has 0 saturated heterocycles. The van der Waals surface area contributed by atoms with E-state index in [2.05, 4.69) is 26.0 Å². The van der Waals surface area contributed by atoms with Gasteiger partial charge in [-0.1, -0.05) is 11.6 Å². The van der Waals surface area contributed by atoms with E-state index in [1.807, 2.05) is 24.5 Å². The van der Waals surface area contributed by atoms with Crippen LogP contribution >= 0.6 is 27.5 Å². The van der Waals surface area contributed by atoms with E-state index in [1.165, 1.54) is 0 Å². The fraction of sp³-hybridized carbons (Fsp3) is 0. The molecule has 14 heavy (non-hydrogen) atoms.